The van der Waals surface area contributed by atoms with E-state index >= 15 is 0 Å². The predicted molar refractivity (Wildman–Crippen MR) is 123 cm³/mol. The number of fused-ring (bicyclic) bond motifs is 1. The zero-order valence-electron chi connectivity index (χ0n) is 17.4. The minimum atomic E-state index is -0.446. The van der Waals surface area contributed by atoms with Crippen molar-refractivity contribution in [3.63, 3.8) is 0 Å². The Morgan fingerprint density at radius 2 is 1.84 bits per heavy atom. The maximum Gasteiger partial charge on any atom is 0.254 e. The number of rotatable bonds is 3. The van der Waals surface area contributed by atoms with Crippen molar-refractivity contribution in [3.8, 4) is 0 Å². The lowest BCUT2D eigenvalue weighted by Gasteiger charge is -2.34. The summed E-state index contributed by atoms with van der Waals surface area (Å²) in [5.41, 5.74) is 3.13. The molecule has 2 unspecified atom stereocenters. The fourth-order valence-corrected chi connectivity index (χ4v) is 4.98. The van der Waals surface area contributed by atoms with Gasteiger partial charge in [-0.25, -0.2) is 9.07 Å². The van der Waals surface area contributed by atoms with Crippen LogP contribution in [0.3, 0.4) is 0 Å². The van der Waals surface area contributed by atoms with E-state index in [4.69, 9.17) is 23.2 Å². The second-order valence-electron chi connectivity index (χ2n) is 8.11. The molecule has 8 heteroatoms. The molecule has 0 radical (unpaired) electrons. The van der Waals surface area contributed by atoms with Crippen LogP contribution in [0.4, 0.5) is 10.2 Å². The number of amides is 1. The Kier molecular flexibility index (Phi) is 5.43. The summed E-state index contributed by atoms with van der Waals surface area (Å²) in [6.07, 6.45) is 3.42. The zero-order chi connectivity index (χ0) is 22.4. The fraction of sp³-hybridized carbons (Fsp3) is 0.250. The first-order chi connectivity index (χ1) is 15.4. The van der Waals surface area contributed by atoms with Crippen LogP contribution in [0.5, 0.6) is 0 Å². The highest BCUT2D eigenvalue weighted by atomic mass is 35.5. The molecule has 1 fully saturated rings. The van der Waals surface area contributed by atoms with E-state index in [0.717, 1.165) is 35.5 Å². The predicted octanol–water partition coefficient (Wildman–Crippen LogP) is 5.98. The molecule has 5 rings (SSSR count). The van der Waals surface area contributed by atoms with Gasteiger partial charge in [-0.2, -0.15) is 5.10 Å². The first kappa shape index (κ1) is 21.0. The summed E-state index contributed by atoms with van der Waals surface area (Å²) in [4.78, 5) is 15.9. The van der Waals surface area contributed by atoms with Gasteiger partial charge in [-0.05, 0) is 55.2 Å². The second-order valence-corrected chi connectivity index (χ2v) is 8.92. The largest absolute Gasteiger partial charge is 0.344 e. The minimum absolute atomic E-state index is 0.0703. The summed E-state index contributed by atoms with van der Waals surface area (Å²) in [6, 6.07) is 13.1. The van der Waals surface area contributed by atoms with Crippen molar-refractivity contribution in [1.82, 2.24) is 14.7 Å². The van der Waals surface area contributed by atoms with E-state index in [0.29, 0.717) is 22.2 Å². The Morgan fingerprint density at radius 1 is 1.09 bits per heavy atom. The normalized spacial score (nSPS) is 20.3. The Bertz CT molecular complexity index is 1220. The van der Waals surface area contributed by atoms with Crippen molar-refractivity contribution in [1.29, 1.82) is 0 Å². The van der Waals surface area contributed by atoms with Gasteiger partial charge in [0.2, 0.25) is 0 Å². The molecular weight excluding hydrogens is 450 g/mol. The summed E-state index contributed by atoms with van der Waals surface area (Å²) >= 11 is 12.5. The molecular formula is C24H21Cl2FN4O. The molecule has 0 aliphatic carbocycles. The van der Waals surface area contributed by atoms with E-state index in [1.165, 1.54) is 12.1 Å². The number of benzene rings is 2. The Hall–Kier alpha value is -2.83. The van der Waals surface area contributed by atoms with E-state index in [1.54, 1.807) is 35.1 Å². The molecule has 32 heavy (non-hydrogen) atoms. The van der Waals surface area contributed by atoms with Crippen LogP contribution in [-0.2, 0) is 4.79 Å². The van der Waals surface area contributed by atoms with E-state index in [9.17, 15) is 9.18 Å². The first-order valence-electron chi connectivity index (χ1n) is 10.5. The van der Waals surface area contributed by atoms with Gasteiger partial charge in [0.1, 0.15) is 17.7 Å². The number of hydrogen-bond acceptors (Lipinski definition) is 3. The van der Waals surface area contributed by atoms with Gasteiger partial charge in [0.25, 0.3) is 5.91 Å². The smallest absolute Gasteiger partial charge is 0.254 e. The molecule has 3 aromatic rings. The van der Waals surface area contributed by atoms with Crippen LogP contribution >= 0.6 is 23.2 Å². The van der Waals surface area contributed by atoms with Gasteiger partial charge in [0.05, 0.1) is 27.9 Å². The lowest BCUT2D eigenvalue weighted by molar-refractivity contribution is -0.128. The highest BCUT2D eigenvalue weighted by molar-refractivity contribution is 6.42. The van der Waals surface area contributed by atoms with Gasteiger partial charge in [0, 0.05) is 18.3 Å². The molecule has 2 atom stereocenters. The number of nitrogens with one attached hydrogen (secondary N) is 1. The molecule has 2 aromatic carbocycles. The summed E-state index contributed by atoms with van der Waals surface area (Å²) < 4.78 is 15.2. The molecule has 164 valence electrons. The molecule has 0 bridgehead atoms. The Labute approximate surface area is 195 Å². The number of nitrogens with zero attached hydrogens (tertiary/aromatic N) is 3. The number of anilines is 1. The molecule has 2 aliphatic rings. The monoisotopic (exact) mass is 470 g/mol. The maximum atomic E-state index is 14.0. The Balaban J connectivity index is 1.57. The van der Waals surface area contributed by atoms with Gasteiger partial charge in [-0.3, -0.25) is 4.79 Å². The third kappa shape index (κ3) is 3.57. The van der Waals surface area contributed by atoms with Crippen LogP contribution in [0.2, 0.25) is 10.0 Å². The van der Waals surface area contributed by atoms with E-state index in [1.807, 2.05) is 24.0 Å². The quantitative estimate of drug-likeness (QED) is 0.511. The van der Waals surface area contributed by atoms with Crippen LogP contribution in [0.25, 0.3) is 0 Å². The van der Waals surface area contributed by atoms with Crippen molar-refractivity contribution < 1.29 is 9.18 Å². The van der Waals surface area contributed by atoms with Crippen LogP contribution in [0.1, 0.15) is 43.0 Å². The number of halogens is 3. The molecule has 1 amide bonds. The average Bonchev–Trinajstić information content (AvgIpc) is 3.44. The van der Waals surface area contributed by atoms with Crippen LogP contribution in [0.15, 0.2) is 66.0 Å². The number of likely N-dealkylation sites (tertiary alicyclic amines) is 1. The summed E-state index contributed by atoms with van der Waals surface area (Å²) in [5.74, 6) is 0.441. The maximum absolute atomic E-state index is 14.0. The van der Waals surface area contributed by atoms with Crippen molar-refractivity contribution in [2.45, 2.75) is 31.8 Å². The SMILES string of the molecule is CC1=C(C(=O)N2CCCC2c2ccc(F)cc2)C(c2ccc(Cl)c(Cl)c2)n2nccc2N1. The third-order valence-corrected chi connectivity index (χ3v) is 6.91. The summed E-state index contributed by atoms with van der Waals surface area (Å²) in [5, 5.41) is 8.66. The standard InChI is InChI=1S/C24H21Cl2FN4O/c1-14-22(24(32)30-12-2-3-20(30)15-4-7-17(27)8-5-15)23(31-21(29-14)10-11-28-31)16-6-9-18(25)19(26)13-16/h4-11,13,20,23,29H,2-3,12H2,1H3. The first-order valence-corrected chi connectivity index (χ1v) is 11.2. The molecule has 1 saturated heterocycles. The molecule has 2 aliphatic heterocycles. The second kappa shape index (κ2) is 8.26. The highest BCUT2D eigenvalue weighted by Gasteiger charge is 2.39. The van der Waals surface area contributed by atoms with Crippen molar-refractivity contribution in [3.05, 3.63) is 93.0 Å². The van der Waals surface area contributed by atoms with Gasteiger partial charge >= 0.3 is 0 Å². The minimum Gasteiger partial charge on any atom is -0.344 e. The van der Waals surface area contributed by atoms with Crippen molar-refractivity contribution in [2.75, 3.05) is 11.9 Å². The van der Waals surface area contributed by atoms with Gasteiger partial charge < -0.3 is 10.2 Å². The molecule has 5 nitrogen and oxygen atoms in total. The number of allylic oxidation sites excluding steroid dienone is 1. The van der Waals surface area contributed by atoms with E-state index in [-0.39, 0.29) is 17.8 Å². The lowest BCUT2D eigenvalue weighted by atomic mass is 9.93. The zero-order valence-corrected chi connectivity index (χ0v) is 18.9. The van der Waals surface area contributed by atoms with Crippen molar-refractivity contribution >= 4 is 34.9 Å². The molecule has 1 aromatic heterocycles. The lowest BCUT2D eigenvalue weighted by Crippen LogP contribution is -2.38. The summed E-state index contributed by atoms with van der Waals surface area (Å²) in [7, 11) is 0. The van der Waals surface area contributed by atoms with Gasteiger partial charge in [-0.15, -0.1) is 0 Å². The van der Waals surface area contributed by atoms with Gasteiger partial charge in [0.15, 0.2) is 0 Å². The molecule has 0 spiro atoms. The van der Waals surface area contributed by atoms with E-state index < -0.39 is 6.04 Å². The number of carbonyl (C=O) groups is 1. The van der Waals surface area contributed by atoms with Crippen LogP contribution < -0.4 is 5.32 Å². The van der Waals surface area contributed by atoms with Crippen LogP contribution in [0, 0.1) is 5.82 Å². The number of aromatic nitrogens is 2. The van der Waals surface area contributed by atoms with Crippen molar-refractivity contribution in [2.24, 2.45) is 0 Å². The number of carbonyl (C=O) groups excluding carboxylic acids is 1. The average molecular weight is 471 g/mol. The fourth-order valence-electron chi connectivity index (χ4n) is 4.67. The Morgan fingerprint density at radius 3 is 2.59 bits per heavy atom. The molecule has 0 saturated carbocycles. The van der Waals surface area contributed by atoms with Crippen LogP contribution in [-0.4, -0.2) is 27.1 Å². The number of hydrogen-bond donors (Lipinski definition) is 1. The molecule has 1 N–H and O–H groups in total. The topological polar surface area (TPSA) is 50.2 Å². The van der Waals surface area contributed by atoms with Gasteiger partial charge in [-0.1, -0.05) is 41.4 Å². The highest BCUT2D eigenvalue weighted by Crippen LogP contribution is 2.41. The van der Waals surface area contributed by atoms with E-state index in [2.05, 4.69) is 10.4 Å². The third-order valence-electron chi connectivity index (χ3n) is 6.17. The summed E-state index contributed by atoms with van der Waals surface area (Å²) in [6.45, 7) is 2.54. The molecule has 3 heterocycles.